The average Bonchev–Trinajstić information content (AvgIpc) is 2.86. The van der Waals surface area contributed by atoms with Gasteiger partial charge in [-0.2, -0.15) is 0 Å². The average molecular weight is 225 g/mol. The fourth-order valence-corrected chi connectivity index (χ4v) is 1.81. The van der Waals surface area contributed by atoms with Crippen LogP contribution in [0.25, 0.3) is 10.8 Å². The van der Waals surface area contributed by atoms with E-state index in [2.05, 4.69) is 4.98 Å². The van der Waals surface area contributed by atoms with Gasteiger partial charge in [0.25, 0.3) is 0 Å². The number of rotatable bonds is 3. The summed E-state index contributed by atoms with van der Waals surface area (Å²) in [5, 5.41) is 10.4. The normalized spacial score (nSPS) is 10.2. The minimum Gasteiger partial charge on any atom is -0.496 e. The van der Waals surface area contributed by atoms with Crippen molar-refractivity contribution >= 4 is 17.3 Å². The second-order valence-electron chi connectivity index (χ2n) is 2.69. The van der Waals surface area contributed by atoms with Crippen LogP contribution in [-0.4, -0.2) is 23.2 Å². The highest BCUT2D eigenvalue weighted by Gasteiger charge is 2.13. The molecule has 78 valence electrons. The number of carbonyl (C=O) groups is 1. The highest BCUT2D eigenvalue weighted by Crippen LogP contribution is 2.30. The first kappa shape index (κ1) is 9.72. The van der Waals surface area contributed by atoms with Crippen molar-refractivity contribution in [2.24, 2.45) is 0 Å². The van der Waals surface area contributed by atoms with Gasteiger partial charge >= 0.3 is 5.97 Å². The molecule has 0 radical (unpaired) electrons. The van der Waals surface area contributed by atoms with Gasteiger partial charge in [-0.3, -0.25) is 0 Å². The summed E-state index contributed by atoms with van der Waals surface area (Å²) in [5.74, 6) is -0.112. The Bertz CT molecular complexity index is 488. The van der Waals surface area contributed by atoms with E-state index in [1.165, 1.54) is 11.3 Å². The summed E-state index contributed by atoms with van der Waals surface area (Å²) < 4.78 is 10.0. The molecule has 0 unspecified atom stereocenters. The molecule has 6 heteroatoms. The van der Waals surface area contributed by atoms with Gasteiger partial charge in [0.15, 0.2) is 5.69 Å². The van der Waals surface area contributed by atoms with E-state index in [-0.39, 0.29) is 5.69 Å². The Morgan fingerprint density at radius 2 is 2.47 bits per heavy atom. The summed E-state index contributed by atoms with van der Waals surface area (Å²) >= 11 is 1.38. The molecule has 0 fully saturated rings. The number of hydrogen-bond donors (Lipinski definition) is 1. The molecule has 5 nitrogen and oxygen atoms in total. The minimum absolute atomic E-state index is 0.0997. The summed E-state index contributed by atoms with van der Waals surface area (Å²) in [5.41, 5.74) is -0.0997. The lowest BCUT2D eigenvalue weighted by Crippen LogP contribution is -1.95. The van der Waals surface area contributed by atoms with Gasteiger partial charge in [0.2, 0.25) is 5.89 Å². The molecule has 1 N–H and O–H groups in total. The molecule has 0 atom stereocenters. The van der Waals surface area contributed by atoms with Crippen LogP contribution in [0.5, 0.6) is 5.75 Å². The van der Waals surface area contributed by atoms with E-state index in [9.17, 15) is 4.79 Å². The van der Waals surface area contributed by atoms with Crippen LogP contribution in [0.15, 0.2) is 22.1 Å². The van der Waals surface area contributed by atoms with Crippen molar-refractivity contribution in [3.63, 3.8) is 0 Å². The maximum Gasteiger partial charge on any atom is 0.357 e. The van der Waals surface area contributed by atoms with E-state index >= 15 is 0 Å². The molecule has 0 bridgehead atoms. The molecule has 0 saturated heterocycles. The van der Waals surface area contributed by atoms with Gasteiger partial charge in [-0.1, -0.05) is 0 Å². The van der Waals surface area contributed by atoms with Crippen molar-refractivity contribution in [1.29, 1.82) is 0 Å². The van der Waals surface area contributed by atoms with Crippen LogP contribution >= 0.6 is 11.3 Å². The van der Waals surface area contributed by atoms with Crippen molar-refractivity contribution in [2.75, 3.05) is 7.11 Å². The van der Waals surface area contributed by atoms with Crippen LogP contribution in [0, 0.1) is 0 Å². The Hall–Kier alpha value is -1.82. The second-order valence-corrected chi connectivity index (χ2v) is 3.61. The third-order valence-electron chi connectivity index (χ3n) is 1.75. The molecule has 0 aliphatic rings. The van der Waals surface area contributed by atoms with Gasteiger partial charge in [0, 0.05) is 11.4 Å². The molecule has 0 aliphatic heterocycles. The lowest BCUT2D eigenvalue weighted by atomic mass is 10.4. The first-order chi connectivity index (χ1) is 7.20. The zero-order chi connectivity index (χ0) is 10.8. The third kappa shape index (κ3) is 1.84. The predicted molar refractivity (Wildman–Crippen MR) is 53.3 cm³/mol. The van der Waals surface area contributed by atoms with Crippen LogP contribution < -0.4 is 4.74 Å². The number of ether oxygens (including phenoxy) is 1. The van der Waals surface area contributed by atoms with E-state index in [1.807, 2.05) is 0 Å². The van der Waals surface area contributed by atoms with E-state index in [0.717, 1.165) is 11.1 Å². The van der Waals surface area contributed by atoms with E-state index in [0.29, 0.717) is 11.6 Å². The van der Waals surface area contributed by atoms with E-state index < -0.39 is 5.97 Å². The number of thiophene rings is 1. The van der Waals surface area contributed by atoms with Gasteiger partial charge in [-0.25, -0.2) is 9.78 Å². The molecule has 0 spiro atoms. The Labute approximate surface area is 88.9 Å². The van der Waals surface area contributed by atoms with E-state index in [4.69, 9.17) is 14.3 Å². The van der Waals surface area contributed by atoms with Crippen molar-refractivity contribution in [1.82, 2.24) is 4.98 Å². The second kappa shape index (κ2) is 3.74. The molecular formula is C9H7NO4S. The lowest BCUT2D eigenvalue weighted by molar-refractivity contribution is 0.0690. The van der Waals surface area contributed by atoms with Crippen LogP contribution in [0.3, 0.4) is 0 Å². The van der Waals surface area contributed by atoms with Gasteiger partial charge in [0.05, 0.1) is 12.0 Å². The number of carboxylic acid groups (broad SMARTS) is 1. The summed E-state index contributed by atoms with van der Waals surface area (Å²) in [6.07, 6.45) is 1.11. The Balaban J connectivity index is 2.32. The van der Waals surface area contributed by atoms with Crippen molar-refractivity contribution in [3.8, 4) is 16.5 Å². The number of hydrogen-bond acceptors (Lipinski definition) is 5. The Kier molecular flexibility index (Phi) is 2.42. The number of methoxy groups -OCH3 is 1. The number of aromatic carboxylic acids is 1. The molecule has 2 rings (SSSR count). The quantitative estimate of drug-likeness (QED) is 0.866. The number of carboxylic acids is 1. The molecule has 0 amide bonds. The summed E-state index contributed by atoms with van der Waals surface area (Å²) in [6.45, 7) is 0. The smallest absolute Gasteiger partial charge is 0.357 e. The minimum atomic E-state index is -1.10. The van der Waals surface area contributed by atoms with Crippen LogP contribution in [0.4, 0.5) is 0 Å². The molecular weight excluding hydrogens is 218 g/mol. The zero-order valence-corrected chi connectivity index (χ0v) is 8.58. The highest BCUT2D eigenvalue weighted by molar-refractivity contribution is 7.13. The molecule has 0 aliphatic carbocycles. The SMILES string of the molecule is COc1csc(-c2nc(C(=O)O)co2)c1. The van der Waals surface area contributed by atoms with E-state index in [1.54, 1.807) is 18.6 Å². The number of oxazole rings is 1. The third-order valence-corrected chi connectivity index (χ3v) is 2.64. The standard InChI is InChI=1S/C9H7NO4S/c1-13-5-2-7(15-4-5)8-10-6(3-14-8)9(11)12/h2-4H,1H3,(H,11,12). The highest BCUT2D eigenvalue weighted by atomic mass is 32.1. The topological polar surface area (TPSA) is 72.6 Å². The molecule has 2 heterocycles. The van der Waals surface area contributed by atoms with Crippen molar-refractivity contribution < 1.29 is 19.1 Å². The Morgan fingerprint density at radius 1 is 1.67 bits per heavy atom. The molecule has 2 aromatic rings. The van der Waals surface area contributed by atoms with Gasteiger partial charge in [-0.05, 0) is 0 Å². The number of nitrogens with zero attached hydrogens (tertiary/aromatic N) is 1. The fraction of sp³-hybridized carbons (Fsp3) is 0.111. The van der Waals surface area contributed by atoms with Gasteiger partial charge < -0.3 is 14.3 Å². The van der Waals surface area contributed by atoms with Crippen LogP contribution in [0.2, 0.25) is 0 Å². The molecule has 0 aromatic carbocycles. The van der Waals surface area contributed by atoms with Crippen molar-refractivity contribution in [3.05, 3.63) is 23.4 Å². The van der Waals surface area contributed by atoms with Gasteiger partial charge in [0.1, 0.15) is 12.0 Å². The fourth-order valence-electron chi connectivity index (χ4n) is 1.02. The summed E-state index contributed by atoms with van der Waals surface area (Å²) in [4.78, 5) is 15.1. The monoisotopic (exact) mass is 225 g/mol. The van der Waals surface area contributed by atoms with Gasteiger partial charge in [-0.15, -0.1) is 11.3 Å². The summed E-state index contributed by atoms with van der Waals surface area (Å²) in [7, 11) is 1.56. The molecule has 0 saturated carbocycles. The Morgan fingerprint density at radius 3 is 3.00 bits per heavy atom. The maximum absolute atomic E-state index is 10.6. The van der Waals surface area contributed by atoms with Crippen LogP contribution in [-0.2, 0) is 0 Å². The summed E-state index contributed by atoms with van der Waals surface area (Å²) in [6, 6.07) is 1.74. The zero-order valence-electron chi connectivity index (χ0n) is 7.76. The first-order valence-corrected chi connectivity index (χ1v) is 4.90. The number of aromatic nitrogens is 1. The first-order valence-electron chi connectivity index (χ1n) is 4.02. The lowest BCUT2D eigenvalue weighted by Gasteiger charge is -1.89. The van der Waals surface area contributed by atoms with Crippen LogP contribution in [0.1, 0.15) is 10.5 Å². The largest absolute Gasteiger partial charge is 0.496 e. The molecule has 2 aromatic heterocycles. The predicted octanol–water partition coefficient (Wildman–Crippen LogP) is 2.11. The molecule has 15 heavy (non-hydrogen) atoms. The maximum atomic E-state index is 10.6. The van der Waals surface area contributed by atoms with Crippen molar-refractivity contribution in [2.45, 2.75) is 0 Å².